The van der Waals surface area contributed by atoms with Crippen LogP contribution in [0, 0.1) is 11.3 Å². The summed E-state index contributed by atoms with van der Waals surface area (Å²) in [7, 11) is 1.21. The summed E-state index contributed by atoms with van der Waals surface area (Å²) in [4.78, 5) is 34.8. The van der Waals surface area contributed by atoms with Crippen molar-refractivity contribution in [2.75, 3.05) is 12.4 Å². The first-order chi connectivity index (χ1) is 10.5. The molecule has 1 atom stereocenters. The number of methoxy groups -OCH3 is 1. The van der Waals surface area contributed by atoms with E-state index in [1.165, 1.54) is 20.1 Å². The SMILES string of the molecule is COC(=O)[C@@H](CCC#N)NC(=O)c1cccc(NC(C)=O)c1. The van der Waals surface area contributed by atoms with E-state index in [2.05, 4.69) is 15.4 Å². The highest BCUT2D eigenvalue weighted by atomic mass is 16.5. The van der Waals surface area contributed by atoms with Gasteiger partial charge in [-0.3, -0.25) is 9.59 Å². The maximum absolute atomic E-state index is 12.2. The van der Waals surface area contributed by atoms with Gasteiger partial charge in [0.05, 0.1) is 13.2 Å². The van der Waals surface area contributed by atoms with Crippen molar-refractivity contribution in [2.45, 2.75) is 25.8 Å². The fraction of sp³-hybridized carbons (Fsp3) is 0.333. The number of amides is 2. The standard InChI is InChI=1S/C15H17N3O4/c1-10(19)17-12-6-3-5-11(9-12)14(20)18-13(7-4-8-16)15(21)22-2/h3,5-6,9,13H,4,7H2,1-2H3,(H,17,19)(H,18,20)/t13-/m1/s1. The summed E-state index contributed by atoms with van der Waals surface area (Å²) in [6, 6.07) is 7.34. The molecule has 1 rings (SSSR count). The Kier molecular flexibility index (Phi) is 6.57. The van der Waals surface area contributed by atoms with Gasteiger partial charge in [0.15, 0.2) is 0 Å². The molecule has 22 heavy (non-hydrogen) atoms. The van der Waals surface area contributed by atoms with Crippen molar-refractivity contribution in [3.63, 3.8) is 0 Å². The van der Waals surface area contributed by atoms with Gasteiger partial charge in [0.1, 0.15) is 6.04 Å². The zero-order valence-electron chi connectivity index (χ0n) is 12.4. The van der Waals surface area contributed by atoms with Crippen LogP contribution in [0.15, 0.2) is 24.3 Å². The lowest BCUT2D eigenvalue weighted by Crippen LogP contribution is -2.41. The number of carbonyl (C=O) groups excluding carboxylic acids is 3. The van der Waals surface area contributed by atoms with Gasteiger partial charge in [-0.1, -0.05) is 6.07 Å². The Morgan fingerprint density at radius 3 is 2.68 bits per heavy atom. The molecule has 7 nitrogen and oxygen atoms in total. The van der Waals surface area contributed by atoms with Crippen LogP contribution in [0.1, 0.15) is 30.1 Å². The predicted molar refractivity (Wildman–Crippen MR) is 78.9 cm³/mol. The maximum atomic E-state index is 12.2. The summed E-state index contributed by atoms with van der Waals surface area (Å²) in [5.74, 6) is -1.35. The van der Waals surface area contributed by atoms with E-state index < -0.39 is 17.9 Å². The Bertz CT molecular complexity index is 607. The average molecular weight is 303 g/mol. The third-order valence-electron chi connectivity index (χ3n) is 2.78. The van der Waals surface area contributed by atoms with E-state index in [1.54, 1.807) is 18.2 Å². The van der Waals surface area contributed by atoms with E-state index in [9.17, 15) is 14.4 Å². The van der Waals surface area contributed by atoms with Gasteiger partial charge in [-0.25, -0.2) is 4.79 Å². The normalized spacial score (nSPS) is 11.0. The van der Waals surface area contributed by atoms with Crippen LogP contribution in [0.25, 0.3) is 0 Å². The smallest absolute Gasteiger partial charge is 0.328 e. The average Bonchev–Trinajstić information content (AvgIpc) is 2.50. The summed E-state index contributed by atoms with van der Waals surface area (Å²) < 4.78 is 4.60. The van der Waals surface area contributed by atoms with Gasteiger partial charge in [0.2, 0.25) is 5.91 Å². The quantitative estimate of drug-likeness (QED) is 0.768. The van der Waals surface area contributed by atoms with Crippen molar-refractivity contribution < 1.29 is 19.1 Å². The fourth-order valence-corrected chi connectivity index (χ4v) is 1.78. The molecular weight excluding hydrogens is 286 g/mol. The number of ether oxygens (including phenoxy) is 1. The topological polar surface area (TPSA) is 108 Å². The van der Waals surface area contributed by atoms with Crippen LogP contribution < -0.4 is 10.6 Å². The van der Waals surface area contributed by atoms with Crippen molar-refractivity contribution in [2.24, 2.45) is 0 Å². The number of nitrogens with zero attached hydrogens (tertiary/aromatic N) is 1. The second-order valence-electron chi connectivity index (χ2n) is 4.51. The van der Waals surface area contributed by atoms with E-state index in [0.29, 0.717) is 5.69 Å². The highest BCUT2D eigenvalue weighted by Crippen LogP contribution is 2.11. The number of hydrogen-bond donors (Lipinski definition) is 2. The van der Waals surface area contributed by atoms with Crippen molar-refractivity contribution in [1.82, 2.24) is 5.32 Å². The molecule has 0 saturated carbocycles. The largest absolute Gasteiger partial charge is 0.467 e. The second-order valence-corrected chi connectivity index (χ2v) is 4.51. The molecular formula is C15H17N3O4. The molecule has 0 saturated heterocycles. The minimum absolute atomic E-state index is 0.117. The number of rotatable bonds is 6. The molecule has 0 bridgehead atoms. The van der Waals surface area contributed by atoms with Crippen molar-refractivity contribution >= 4 is 23.5 Å². The molecule has 0 unspecified atom stereocenters. The van der Waals surface area contributed by atoms with Crippen LogP contribution >= 0.6 is 0 Å². The van der Waals surface area contributed by atoms with Crippen molar-refractivity contribution in [3.05, 3.63) is 29.8 Å². The van der Waals surface area contributed by atoms with Gasteiger partial charge in [-0.05, 0) is 24.6 Å². The van der Waals surface area contributed by atoms with E-state index in [1.807, 2.05) is 6.07 Å². The zero-order valence-corrected chi connectivity index (χ0v) is 12.4. The Morgan fingerprint density at radius 1 is 1.36 bits per heavy atom. The lowest BCUT2D eigenvalue weighted by Gasteiger charge is -2.15. The van der Waals surface area contributed by atoms with Crippen molar-refractivity contribution in [3.8, 4) is 6.07 Å². The highest BCUT2D eigenvalue weighted by Gasteiger charge is 2.21. The lowest BCUT2D eigenvalue weighted by atomic mass is 10.1. The number of carbonyl (C=O) groups is 3. The molecule has 116 valence electrons. The maximum Gasteiger partial charge on any atom is 0.328 e. The van der Waals surface area contributed by atoms with Gasteiger partial charge in [0, 0.05) is 24.6 Å². The number of benzene rings is 1. The highest BCUT2D eigenvalue weighted by molar-refractivity contribution is 5.98. The van der Waals surface area contributed by atoms with Crippen molar-refractivity contribution in [1.29, 1.82) is 5.26 Å². The molecule has 2 amide bonds. The molecule has 0 aliphatic carbocycles. The molecule has 0 radical (unpaired) electrons. The molecule has 0 aromatic heterocycles. The molecule has 1 aromatic carbocycles. The second kappa shape index (κ2) is 8.42. The summed E-state index contributed by atoms with van der Waals surface area (Å²) in [5, 5.41) is 13.7. The van der Waals surface area contributed by atoms with Gasteiger partial charge in [0.25, 0.3) is 5.91 Å². The number of anilines is 1. The third-order valence-corrected chi connectivity index (χ3v) is 2.78. The minimum Gasteiger partial charge on any atom is -0.467 e. The molecule has 0 aliphatic heterocycles. The van der Waals surface area contributed by atoms with Crippen LogP contribution in [-0.2, 0) is 14.3 Å². The molecule has 0 aliphatic rings. The molecule has 0 heterocycles. The van der Waals surface area contributed by atoms with Gasteiger partial charge < -0.3 is 15.4 Å². The van der Waals surface area contributed by atoms with Crippen LogP contribution in [-0.4, -0.2) is 30.9 Å². The van der Waals surface area contributed by atoms with E-state index >= 15 is 0 Å². The summed E-state index contributed by atoms with van der Waals surface area (Å²) in [6.45, 7) is 1.36. The minimum atomic E-state index is -0.887. The number of hydrogen-bond acceptors (Lipinski definition) is 5. The first-order valence-electron chi connectivity index (χ1n) is 6.61. The molecule has 7 heteroatoms. The fourth-order valence-electron chi connectivity index (χ4n) is 1.78. The zero-order chi connectivity index (χ0) is 16.5. The molecule has 0 spiro atoms. The van der Waals surface area contributed by atoms with Gasteiger partial charge >= 0.3 is 5.97 Å². The summed E-state index contributed by atoms with van der Waals surface area (Å²) in [5.41, 5.74) is 0.768. The van der Waals surface area contributed by atoms with Crippen LogP contribution in [0.5, 0.6) is 0 Å². The van der Waals surface area contributed by atoms with Crippen LogP contribution in [0.4, 0.5) is 5.69 Å². The summed E-state index contributed by atoms with van der Waals surface area (Å²) >= 11 is 0. The molecule has 0 fully saturated rings. The predicted octanol–water partition coefficient (Wildman–Crippen LogP) is 1.22. The Balaban J connectivity index is 2.83. The molecule has 2 N–H and O–H groups in total. The lowest BCUT2D eigenvalue weighted by molar-refractivity contribution is -0.143. The monoisotopic (exact) mass is 303 g/mol. The summed E-state index contributed by atoms with van der Waals surface area (Å²) in [6.07, 6.45) is 0.284. The Morgan fingerprint density at radius 2 is 2.09 bits per heavy atom. The number of nitrogens with one attached hydrogen (secondary N) is 2. The van der Waals surface area contributed by atoms with E-state index in [-0.39, 0.29) is 24.3 Å². The number of esters is 1. The van der Waals surface area contributed by atoms with Gasteiger partial charge in [-0.2, -0.15) is 5.26 Å². The first kappa shape index (κ1) is 17.2. The van der Waals surface area contributed by atoms with E-state index in [0.717, 1.165) is 0 Å². The number of nitriles is 1. The Hall–Kier alpha value is -2.88. The van der Waals surface area contributed by atoms with E-state index in [4.69, 9.17) is 5.26 Å². The van der Waals surface area contributed by atoms with Crippen LogP contribution in [0.2, 0.25) is 0 Å². The third kappa shape index (κ3) is 5.25. The molecule has 1 aromatic rings. The van der Waals surface area contributed by atoms with Gasteiger partial charge in [-0.15, -0.1) is 0 Å². The van der Waals surface area contributed by atoms with Crippen LogP contribution in [0.3, 0.4) is 0 Å². The Labute approximate surface area is 128 Å². The first-order valence-corrected chi connectivity index (χ1v) is 6.61.